The fourth-order valence-electron chi connectivity index (χ4n) is 1.33. The molecule has 0 radical (unpaired) electrons. The van der Waals surface area contributed by atoms with Crippen LogP contribution in [0, 0.1) is 0 Å². The lowest BCUT2D eigenvalue weighted by Crippen LogP contribution is -2.11. The maximum absolute atomic E-state index is 9.39. The summed E-state index contributed by atoms with van der Waals surface area (Å²) >= 11 is 6.04. The van der Waals surface area contributed by atoms with Crippen LogP contribution in [-0.4, -0.2) is 24.4 Å². The first-order chi connectivity index (χ1) is 8.00. The second-order valence-electron chi connectivity index (χ2n) is 4.13. The summed E-state index contributed by atoms with van der Waals surface area (Å²) in [5.41, 5.74) is 0.779. The van der Waals surface area contributed by atoms with Crippen LogP contribution in [-0.2, 0) is 4.74 Å². The summed E-state index contributed by atoms with van der Waals surface area (Å²) in [4.78, 5) is 0. The Kier molecular flexibility index (Phi) is 5.75. The molecule has 0 aliphatic rings. The van der Waals surface area contributed by atoms with E-state index >= 15 is 0 Å². The first-order valence-electron chi connectivity index (χ1n) is 5.72. The standard InChI is InChI=1S/C13H19ClO3/c1-9(2)16-6-7-17-13-5-4-11(10(3)15)8-12(13)14/h4-5,8-10,15H,6-7H2,1-3H3/t10-/m1/s1. The highest BCUT2D eigenvalue weighted by molar-refractivity contribution is 6.32. The molecule has 17 heavy (non-hydrogen) atoms. The smallest absolute Gasteiger partial charge is 0.138 e. The van der Waals surface area contributed by atoms with Gasteiger partial charge in [0.15, 0.2) is 0 Å². The molecule has 0 bridgehead atoms. The zero-order valence-electron chi connectivity index (χ0n) is 10.4. The number of aliphatic hydroxyl groups is 1. The monoisotopic (exact) mass is 258 g/mol. The van der Waals surface area contributed by atoms with Crippen LogP contribution in [0.25, 0.3) is 0 Å². The number of aliphatic hydroxyl groups excluding tert-OH is 1. The molecule has 0 saturated carbocycles. The van der Waals surface area contributed by atoms with Crippen LogP contribution in [0.4, 0.5) is 0 Å². The average molecular weight is 259 g/mol. The Bertz CT molecular complexity index is 351. The second kappa shape index (κ2) is 6.84. The highest BCUT2D eigenvalue weighted by Crippen LogP contribution is 2.27. The number of benzene rings is 1. The number of ether oxygens (including phenoxy) is 2. The van der Waals surface area contributed by atoms with Crippen molar-refractivity contribution in [2.45, 2.75) is 33.0 Å². The molecule has 0 spiro atoms. The van der Waals surface area contributed by atoms with Gasteiger partial charge < -0.3 is 14.6 Å². The summed E-state index contributed by atoms with van der Waals surface area (Å²) in [6.45, 7) is 6.65. The van der Waals surface area contributed by atoms with E-state index in [4.69, 9.17) is 21.1 Å². The van der Waals surface area contributed by atoms with Crippen molar-refractivity contribution in [1.29, 1.82) is 0 Å². The van der Waals surface area contributed by atoms with Crippen molar-refractivity contribution in [3.8, 4) is 5.75 Å². The summed E-state index contributed by atoms with van der Waals surface area (Å²) in [6.07, 6.45) is -0.322. The topological polar surface area (TPSA) is 38.7 Å². The molecule has 3 nitrogen and oxygen atoms in total. The van der Waals surface area contributed by atoms with Gasteiger partial charge in [-0.05, 0) is 38.5 Å². The Balaban J connectivity index is 2.49. The van der Waals surface area contributed by atoms with Crippen molar-refractivity contribution in [3.05, 3.63) is 28.8 Å². The van der Waals surface area contributed by atoms with E-state index in [1.54, 1.807) is 25.1 Å². The molecule has 0 heterocycles. The zero-order valence-corrected chi connectivity index (χ0v) is 11.2. The third kappa shape index (κ3) is 4.94. The molecule has 1 aromatic carbocycles. The van der Waals surface area contributed by atoms with Gasteiger partial charge in [0.2, 0.25) is 0 Å². The minimum Gasteiger partial charge on any atom is -0.490 e. The van der Waals surface area contributed by atoms with Crippen LogP contribution in [0.5, 0.6) is 5.75 Å². The van der Waals surface area contributed by atoms with Crippen LogP contribution in [0.1, 0.15) is 32.4 Å². The fourth-order valence-corrected chi connectivity index (χ4v) is 1.57. The Hall–Kier alpha value is -0.770. The van der Waals surface area contributed by atoms with Crippen LogP contribution >= 0.6 is 11.6 Å². The van der Waals surface area contributed by atoms with Gasteiger partial charge in [-0.3, -0.25) is 0 Å². The fraction of sp³-hybridized carbons (Fsp3) is 0.538. The maximum atomic E-state index is 9.39. The molecular weight excluding hydrogens is 240 g/mol. The highest BCUT2D eigenvalue weighted by atomic mass is 35.5. The van der Waals surface area contributed by atoms with Crippen molar-refractivity contribution >= 4 is 11.6 Å². The van der Waals surface area contributed by atoms with Crippen LogP contribution in [0.2, 0.25) is 5.02 Å². The Labute approximate surface area is 107 Å². The first-order valence-corrected chi connectivity index (χ1v) is 6.10. The van der Waals surface area contributed by atoms with Crippen LogP contribution in [0.3, 0.4) is 0 Å². The molecule has 0 fully saturated rings. The summed E-state index contributed by atoms with van der Waals surface area (Å²) in [5, 5.41) is 9.90. The highest BCUT2D eigenvalue weighted by Gasteiger charge is 2.06. The minimum atomic E-state index is -0.522. The lowest BCUT2D eigenvalue weighted by Gasteiger charge is -2.12. The van der Waals surface area contributed by atoms with Crippen LogP contribution < -0.4 is 4.74 Å². The number of hydrogen-bond acceptors (Lipinski definition) is 3. The molecule has 0 amide bonds. The quantitative estimate of drug-likeness (QED) is 0.797. The van der Waals surface area contributed by atoms with Gasteiger partial charge in [0, 0.05) is 0 Å². The number of halogens is 1. The van der Waals surface area contributed by atoms with E-state index in [9.17, 15) is 5.11 Å². The van der Waals surface area contributed by atoms with E-state index in [1.165, 1.54) is 0 Å². The Morgan fingerprint density at radius 3 is 2.47 bits per heavy atom. The van der Waals surface area contributed by atoms with Crippen molar-refractivity contribution in [2.24, 2.45) is 0 Å². The summed E-state index contributed by atoms with van der Waals surface area (Å²) in [6, 6.07) is 5.28. The summed E-state index contributed by atoms with van der Waals surface area (Å²) in [7, 11) is 0. The molecule has 1 atom stereocenters. The van der Waals surface area contributed by atoms with Crippen molar-refractivity contribution < 1.29 is 14.6 Å². The largest absolute Gasteiger partial charge is 0.490 e. The van der Waals surface area contributed by atoms with E-state index in [-0.39, 0.29) is 6.10 Å². The summed E-state index contributed by atoms with van der Waals surface area (Å²) in [5.74, 6) is 0.614. The molecule has 1 aromatic rings. The van der Waals surface area contributed by atoms with Crippen molar-refractivity contribution in [3.63, 3.8) is 0 Å². The molecule has 0 aliphatic carbocycles. The van der Waals surface area contributed by atoms with Crippen molar-refractivity contribution in [1.82, 2.24) is 0 Å². The Morgan fingerprint density at radius 1 is 1.24 bits per heavy atom. The van der Waals surface area contributed by atoms with Gasteiger partial charge in [0.1, 0.15) is 12.4 Å². The zero-order chi connectivity index (χ0) is 12.8. The molecule has 0 aliphatic heterocycles. The SMILES string of the molecule is CC(C)OCCOc1ccc([C@@H](C)O)cc1Cl. The van der Waals surface area contributed by atoms with Gasteiger partial charge >= 0.3 is 0 Å². The molecule has 1 N–H and O–H groups in total. The molecule has 0 saturated heterocycles. The van der Waals surface area contributed by atoms with E-state index in [1.807, 2.05) is 13.8 Å². The predicted molar refractivity (Wildman–Crippen MR) is 68.7 cm³/mol. The molecule has 96 valence electrons. The van der Waals surface area contributed by atoms with Crippen molar-refractivity contribution in [2.75, 3.05) is 13.2 Å². The normalized spacial score (nSPS) is 12.8. The lowest BCUT2D eigenvalue weighted by molar-refractivity contribution is 0.0553. The third-order valence-electron chi connectivity index (χ3n) is 2.23. The van der Waals surface area contributed by atoms with E-state index in [2.05, 4.69) is 0 Å². The van der Waals surface area contributed by atoms with Gasteiger partial charge in [-0.1, -0.05) is 17.7 Å². The molecule has 0 aromatic heterocycles. The van der Waals surface area contributed by atoms with Gasteiger partial charge in [0.05, 0.1) is 23.8 Å². The minimum absolute atomic E-state index is 0.201. The second-order valence-corrected chi connectivity index (χ2v) is 4.54. The molecule has 4 heteroatoms. The van der Waals surface area contributed by atoms with Gasteiger partial charge in [0.25, 0.3) is 0 Å². The molecular formula is C13H19ClO3. The molecule has 1 rings (SSSR count). The Morgan fingerprint density at radius 2 is 1.94 bits per heavy atom. The van der Waals surface area contributed by atoms with E-state index in [0.29, 0.717) is 24.0 Å². The van der Waals surface area contributed by atoms with Gasteiger partial charge in [-0.15, -0.1) is 0 Å². The maximum Gasteiger partial charge on any atom is 0.138 e. The van der Waals surface area contributed by atoms with Crippen LogP contribution in [0.15, 0.2) is 18.2 Å². The predicted octanol–water partition coefficient (Wildman–Crippen LogP) is 3.20. The lowest BCUT2D eigenvalue weighted by atomic mass is 10.1. The molecule has 0 unspecified atom stereocenters. The average Bonchev–Trinajstić information content (AvgIpc) is 2.25. The van der Waals surface area contributed by atoms with Gasteiger partial charge in [-0.25, -0.2) is 0 Å². The first kappa shape index (κ1) is 14.3. The summed E-state index contributed by atoms with van der Waals surface area (Å²) < 4.78 is 10.8. The number of rotatable bonds is 6. The van der Waals surface area contributed by atoms with E-state index in [0.717, 1.165) is 5.56 Å². The number of hydrogen-bond donors (Lipinski definition) is 1. The van der Waals surface area contributed by atoms with Gasteiger partial charge in [-0.2, -0.15) is 0 Å². The third-order valence-corrected chi connectivity index (χ3v) is 2.53. The van der Waals surface area contributed by atoms with E-state index < -0.39 is 6.10 Å².